The molecule has 2 rings (SSSR count). The van der Waals surface area contributed by atoms with Gasteiger partial charge in [-0.2, -0.15) is 0 Å². The first-order valence-corrected chi connectivity index (χ1v) is 5.67. The van der Waals surface area contributed by atoms with Crippen LogP contribution >= 0.6 is 11.5 Å². The van der Waals surface area contributed by atoms with Crippen molar-refractivity contribution < 1.29 is 4.79 Å². The van der Waals surface area contributed by atoms with Crippen LogP contribution in [0, 0.1) is 5.92 Å². The van der Waals surface area contributed by atoms with Crippen LogP contribution in [-0.2, 0) is 0 Å². The van der Waals surface area contributed by atoms with Gasteiger partial charge in [-0.15, -0.1) is 5.10 Å². The summed E-state index contributed by atoms with van der Waals surface area (Å²) in [6.45, 7) is 2.22. The summed E-state index contributed by atoms with van der Waals surface area (Å²) in [5, 5.41) is 8.38. The lowest BCUT2D eigenvalue weighted by Crippen LogP contribution is -2.33. The summed E-state index contributed by atoms with van der Waals surface area (Å²) in [5.74, 6) is 0.645. The summed E-state index contributed by atoms with van der Waals surface area (Å²) in [7, 11) is 0. The van der Waals surface area contributed by atoms with Crippen LogP contribution in [0.25, 0.3) is 0 Å². The van der Waals surface area contributed by atoms with Crippen molar-refractivity contribution in [3.05, 3.63) is 11.1 Å². The number of hydrogen-bond donors (Lipinski definition) is 1. The molecule has 0 saturated heterocycles. The third-order valence-electron chi connectivity index (χ3n) is 2.62. The van der Waals surface area contributed by atoms with E-state index in [2.05, 4.69) is 21.8 Å². The zero-order valence-electron chi connectivity index (χ0n) is 8.06. The van der Waals surface area contributed by atoms with Gasteiger partial charge in [-0.25, -0.2) is 0 Å². The highest BCUT2D eigenvalue weighted by molar-refractivity contribution is 7.03. The molecule has 0 aromatic carbocycles. The molecule has 1 saturated carbocycles. The van der Waals surface area contributed by atoms with E-state index in [1.807, 2.05) is 0 Å². The lowest BCUT2D eigenvalue weighted by molar-refractivity contribution is 0.0932. The molecule has 2 unspecified atom stereocenters. The molecule has 1 N–H and O–H groups in total. The Morgan fingerprint density at radius 1 is 1.64 bits per heavy atom. The second-order valence-corrected chi connectivity index (χ2v) is 4.49. The first kappa shape index (κ1) is 9.58. The minimum absolute atomic E-state index is 0.0853. The molecule has 14 heavy (non-hydrogen) atoms. The molecule has 0 spiro atoms. The molecular formula is C9H13N3OS. The van der Waals surface area contributed by atoms with E-state index in [1.165, 1.54) is 18.0 Å². The molecule has 1 fully saturated rings. The van der Waals surface area contributed by atoms with Gasteiger partial charge in [-0.3, -0.25) is 4.79 Å². The average molecular weight is 211 g/mol. The number of rotatable bonds is 2. The van der Waals surface area contributed by atoms with Crippen molar-refractivity contribution in [3.8, 4) is 0 Å². The zero-order valence-corrected chi connectivity index (χ0v) is 8.88. The van der Waals surface area contributed by atoms with Crippen molar-refractivity contribution in [2.45, 2.75) is 32.2 Å². The zero-order chi connectivity index (χ0) is 9.97. The minimum Gasteiger partial charge on any atom is -0.348 e. The highest BCUT2D eigenvalue weighted by Crippen LogP contribution is 2.24. The van der Waals surface area contributed by atoms with Gasteiger partial charge in [0.15, 0.2) is 5.69 Å². The van der Waals surface area contributed by atoms with Gasteiger partial charge in [0.25, 0.3) is 5.91 Å². The molecule has 4 nitrogen and oxygen atoms in total. The van der Waals surface area contributed by atoms with Gasteiger partial charge in [0.05, 0.1) is 0 Å². The van der Waals surface area contributed by atoms with Crippen LogP contribution in [0.3, 0.4) is 0 Å². The maximum Gasteiger partial charge on any atom is 0.272 e. The number of amides is 1. The summed E-state index contributed by atoms with van der Waals surface area (Å²) in [4.78, 5) is 11.6. The van der Waals surface area contributed by atoms with Gasteiger partial charge in [0.1, 0.15) is 0 Å². The van der Waals surface area contributed by atoms with E-state index in [1.54, 1.807) is 5.38 Å². The van der Waals surface area contributed by atoms with Crippen molar-refractivity contribution in [1.82, 2.24) is 14.9 Å². The SMILES string of the molecule is CC1CCC(NC(=O)c2csnn2)C1. The van der Waals surface area contributed by atoms with Crippen molar-refractivity contribution in [2.24, 2.45) is 5.92 Å². The lowest BCUT2D eigenvalue weighted by atomic mass is 10.1. The van der Waals surface area contributed by atoms with Crippen LogP contribution in [0.15, 0.2) is 5.38 Å². The highest BCUT2D eigenvalue weighted by Gasteiger charge is 2.23. The van der Waals surface area contributed by atoms with Crippen LogP contribution in [0.2, 0.25) is 0 Å². The minimum atomic E-state index is -0.0853. The summed E-state index contributed by atoms with van der Waals surface area (Å²) in [5.41, 5.74) is 0.439. The fourth-order valence-corrected chi connectivity index (χ4v) is 2.30. The molecule has 1 aromatic rings. The Kier molecular flexibility index (Phi) is 2.77. The van der Waals surface area contributed by atoms with E-state index in [0.717, 1.165) is 18.8 Å². The largest absolute Gasteiger partial charge is 0.348 e. The van der Waals surface area contributed by atoms with E-state index in [4.69, 9.17) is 0 Å². The van der Waals surface area contributed by atoms with Gasteiger partial charge in [-0.05, 0) is 36.7 Å². The predicted octanol–water partition coefficient (Wildman–Crippen LogP) is 1.46. The van der Waals surface area contributed by atoms with Crippen molar-refractivity contribution >= 4 is 17.4 Å². The Balaban J connectivity index is 1.89. The quantitative estimate of drug-likeness (QED) is 0.805. The average Bonchev–Trinajstić information content (AvgIpc) is 2.75. The predicted molar refractivity (Wildman–Crippen MR) is 54.2 cm³/mol. The monoisotopic (exact) mass is 211 g/mol. The number of aromatic nitrogens is 2. The van der Waals surface area contributed by atoms with Crippen LogP contribution in [-0.4, -0.2) is 21.5 Å². The van der Waals surface area contributed by atoms with E-state index < -0.39 is 0 Å². The smallest absolute Gasteiger partial charge is 0.272 e. The Hall–Kier alpha value is -0.970. The van der Waals surface area contributed by atoms with Crippen LogP contribution < -0.4 is 5.32 Å². The topological polar surface area (TPSA) is 54.9 Å². The fraction of sp³-hybridized carbons (Fsp3) is 0.667. The normalized spacial score (nSPS) is 26.4. The molecule has 0 aliphatic heterocycles. The van der Waals surface area contributed by atoms with Crippen LogP contribution in [0.4, 0.5) is 0 Å². The molecule has 2 atom stereocenters. The Labute approximate surface area is 86.9 Å². The third-order valence-corrected chi connectivity index (χ3v) is 3.13. The van der Waals surface area contributed by atoms with Crippen molar-refractivity contribution in [3.63, 3.8) is 0 Å². The molecule has 1 aliphatic rings. The maximum absolute atomic E-state index is 11.6. The molecule has 76 valence electrons. The van der Waals surface area contributed by atoms with E-state index in [-0.39, 0.29) is 5.91 Å². The summed E-state index contributed by atoms with van der Waals surface area (Å²) in [6, 6.07) is 0.333. The van der Waals surface area contributed by atoms with Crippen molar-refractivity contribution in [2.75, 3.05) is 0 Å². The first-order valence-electron chi connectivity index (χ1n) is 4.83. The summed E-state index contributed by atoms with van der Waals surface area (Å²) < 4.78 is 3.66. The Morgan fingerprint density at radius 3 is 3.07 bits per heavy atom. The van der Waals surface area contributed by atoms with Gasteiger partial charge in [-0.1, -0.05) is 11.4 Å². The second kappa shape index (κ2) is 4.04. The second-order valence-electron chi connectivity index (χ2n) is 3.88. The molecule has 1 heterocycles. The van der Waals surface area contributed by atoms with E-state index in [9.17, 15) is 4.79 Å². The van der Waals surface area contributed by atoms with Gasteiger partial charge in [0.2, 0.25) is 0 Å². The van der Waals surface area contributed by atoms with E-state index >= 15 is 0 Å². The summed E-state index contributed by atoms with van der Waals surface area (Å²) >= 11 is 1.20. The Bertz CT molecular complexity index is 312. The first-order chi connectivity index (χ1) is 6.75. The number of nitrogens with zero attached hydrogens (tertiary/aromatic N) is 2. The third kappa shape index (κ3) is 2.09. The van der Waals surface area contributed by atoms with Crippen molar-refractivity contribution in [1.29, 1.82) is 0 Å². The Morgan fingerprint density at radius 2 is 2.50 bits per heavy atom. The number of carbonyl (C=O) groups is 1. The van der Waals surface area contributed by atoms with Crippen LogP contribution in [0.1, 0.15) is 36.7 Å². The lowest BCUT2D eigenvalue weighted by Gasteiger charge is -2.10. The fourth-order valence-electron chi connectivity index (χ4n) is 1.86. The summed E-state index contributed by atoms with van der Waals surface area (Å²) in [6.07, 6.45) is 3.38. The number of carbonyl (C=O) groups excluding carboxylic acids is 1. The molecule has 1 amide bonds. The molecule has 0 bridgehead atoms. The van der Waals surface area contributed by atoms with Gasteiger partial charge < -0.3 is 5.32 Å². The molecule has 1 aliphatic carbocycles. The molecule has 5 heteroatoms. The van der Waals surface area contributed by atoms with Gasteiger partial charge in [0, 0.05) is 11.4 Å². The maximum atomic E-state index is 11.6. The highest BCUT2D eigenvalue weighted by atomic mass is 32.1. The standard InChI is InChI=1S/C9H13N3OS/c1-6-2-3-7(4-6)10-9(13)8-5-14-12-11-8/h5-7H,2-4H2,1H3,(H,10,13). The van der Waals surface area contributed by atoms with E-state index in [0.29, 0.717) is 11.7 Å². The molecule has 0 radical (unpaired) electrons. The van der Waals surface area contributed by atoms with Gasteiger partial charge >= 0.3 is 0 Å². The number of nitrogens with one attached hydrogen (secondary N) is 1. The molecular weight excluding hydrogens is 198 g/mol. The number of hydrogen-bond acceptors (Lipinski definition) is 4. The van der Waals surface area contributed by atoms with Crippen LogP contribution in [0.5, 0.6) is 0 Å². The molecule has 1 aromatic heterocycles.